The predicted octanol–water partition coefficient (Wildman–Crippen LogP) is 3.40. The molecule has 0 aliphatic heterocycles. The number of H-pyrrole nitrogens is 1. The summed E-state index contributed by atoms with van der Waals surface area (Å²) in [5.41, 5.74) is 2.55. The summed E-state index contributed by atoms with van der Waals surface area (Å²) >= 11 is 0. The largest absolute Gasteiger partial charge is 0.246 e. The quantitative estimate of drug-likeness (QED) is 0.749. The molecule has 1 N–H and O–H groups in total. The third-order valence-electron chi connectivity index (χ3n) is 2.15. The van der Waals surface area contributed by atoms with Gasteiger partial charge >= 0.3 is 0 Å². The lowest BCUT2D eigenvalue weighted by atomic mass is 10.1. The van der Waals surface area contributed by atoms with Crippen LogP contribution in [0, 0.1) is 0 Å². The van der Waals surface area contributed by atoms with E-state index in [2.05, 4.69) is 69.2 Å². The Morgan fingerprint density at radius 3 is 1.42 bits per heavy atom. The normalized spacial score (nSPS) is 8.21. The Bertz CT molecular complexity index is 460. The maximum Gasteiger partial charge on any atom is 0.135 e. The van der Waals surface area contributed by atoms with Crippen LogP contribution in [0.1, 0.15) is 0 Å². The van der Waals surface area contributed by atoms with Crippen LogP contribution >= 0.6 is 24.8 Å². The summed E-state index contributed by atoms with van der Waals surface area (Å²) in [7, 11) is 0. The van der Waals surface area contributed by atoms with Crippen molar-refractivity contribution >= 4 is 24.8 Å². The molecule has 0 radical (unpaired) electrons. The van der Waals surface area contributed by atoms with E-state index in [0.717, 1.165) is 0 Å². The van der Waals surface area contributed by atoms with Crippen LogP contribution < -0.4 is 0 Å². The van der Waals surface area contributed by atoms with Gasteiger partial charge in [-0.05, 0) is 21.6 Å². The zero-order valence-electron chi connectivity index (χ0n) is 10.0. The van der Waals surface area contributed by atoms with Crippen LogP contribution in [0.25, 0.3) is 11.1 Å². The fraction of sp³-hybridized carbons (Fsp3) is 0. The molecule has 4 nitrogen and oxygen atoms in total. The van der Waals surface area contributed by atoms with Crippen molar-refractivity contribution in [3.8, 4) is 11.1 Å². The Hall–Kier alpha value is -1.91. The monoisotopic (exact) mass is 296 g/mol. The second kappa shape index (κ2) is 10.1. The van der Waals surface area contributed by atoms with Gasteiger partial charge in [-0.1, -0.05) is 60.7 Å². The second-order valence-electron chi connectivity index (χ2n) is 3.30. The number of aromatic nitrogens is 4. The molecular weight excluding hydrogens is 283 g/mol. The highest BCUT2D eigenvalue weighted by Gasteiger charge is 1.91. The van der Waals surface area contributed by atoms with E-state index in [1.807, 2.05) is 12.1 Å². The highest BCUT2D eigenvalue weighted by atomic mass is 35.5. The van der Waals surface area contributed by atoms with E-state index in [1.54, 1.807) is 0 Å². The van der Waals surface area contributed by atoms with Gasteiger partial charge in [-0.3, -0.25) is 0 Å². The van der Waals surface area contributed by atoms with Crippen molar-refractivity contribution in [2.75, 3.05) is 0 Å². The minimum atomic E-state index is 0. The molecule has 1 heterocycles. The average Bonchev–Trinajstić information content (AvgIpc) is 3.00. The van der Waals surface area contributed by atoms with Gasteiger partial charge in [0.25, 0.3) is 0 Å². The third kappa shape index (κ3) is 5.99. The first kappa shape index (κ1) is 17.1. The van der Waals surface area contributed by atoms with Crippen molar-refractivity contribution < 1.29 is 0 Å². The lowest BCUT2D eigenvalue weighted by Gasteiger charge is -1.98. The molecule has 3 aromatic rings. The molecule has 0 unspecified atom stereocenters. The van der Waals surface area contributed by atoms with Crippen molar-refractivity contribution in [3.63, 3.8) is 0 Å². The Labute approximate surface area is 124 Å². The standard InChI is InChI=1S/C12H10.CH2N4.2ClH/c1-3-7-11(8-4-1)12-9-5-2-6-10-12;1-2-4-5-3-1;;/h1-10H;1H,(H,2,3,4,5);2*1H. The van der Waals surface area contributed by atoms with Gasteiger partial charge in [0.15, 0.2) is 0 Å². The maximum absolute atomic E-state index is 3.31. The van der Waals surface area contributed by atoms with Crippen molar-refractivity contribution in [2.45, 2.75) is 0 Å². The minimum absolute atomic E-state index is 0. The molecule has 0 amide bonds. The lowest BCUT2D eigenvalue weighted by molar-refractivity contribution is 0.881. The Morgan fingerprint density at radius 2 is 1.16 bits per heavy atom. The Balaban J connectivity index is 0.000000399. The molecule has 100 valence electrons. The van der Waals surface area contributed by atoms with E-state index < -0.39 is 0 Å². The van der Waals surface area contributed by atoms with Crippen molar-refractivity contribution in [3.05, 3.63) is 67.0 Å². The number of halogens is 2. The van der Waals surface area contributed by atoms with E-state index in [9.17, 15) is 0 Å². The number of nitrogens with one attached hydrogen (secondary N) is 1. The van der Waals surface area contributed by atoms with Crippen molar-refractivity contribution in [1.29, 1.82) is 0 Å². The fourth-order valence-corrected chi connectivity index (χ4v) is 1.39. The van der Waals surface area contributed by atoms with Gasteiger partial charge in [0.2, 0.25) is 0 Å². The summed E-state index contributed by atoms with van der Waals surface area (Å²) in [5.74, 6) is 0. The molecule has 19 heavy (non-hydrogen) atoms. The molecular formula is C13H14Cl2N4. The van der Waals surface area contributed by atoms with Crippen LogP contribution in [0.4, 0.5) is 0 Å². The number of aromatic amines is 1. The summed E-state index contributed by atoms with van der Waals surface area (Å²) in [5, 5.41) is 12.1. The fourth-order valence-electron chi connectivity index (χ4n) is 1.39. The number of hydrogen-bond donors (Lipinski definition) is 1. The van der Waals surface area contributed by atoms with E-state index in [1.165, 1.54) is 17.5 Å². The first-order chi connectivity index (χ1) is 8.47. The molecule has 0 bridgehead atoms. The minimum Gasteiger partial charge on any atom is -0.246 e. The number of nitrogens with zero attached hydrogens (tertiary/aromatic N) is 3. The highest BCUT2D eigenvalue weighted by Crippen LogP contribution is 2.17. The molecule has 6 heteroatoms. The molecule has 0 atom stereocenters. The molecule has 0 saturated carbocycles. The lowest BCUT2D eigenvalue weighted by Crippen LogP contribution is -1.73. The van der Waals surface area contributed by atoms with Gasteiger partial charge in [-0.15, -0.1) is 29.9 Å². The van der Waals surface area contributed by atoms with E-state index in [4.69, 9.17) is 0 Å². The van der Waals surface area contributed by atoms with Crippen molar-refractivity contribution in [2.24, 2.45) is 0 Å². The molecule has 0 aliphatic carbocycles. The third-order valence-corrected chi connectivity index (χ3v) is 2.15. The first-order valence-corrected chi connectivity index (χ1v) is 5.24. The molecule has 2 aromatic carbocycles. The molecule has 0 saturated heterocycles. The molecule has 0 aliphatic rings. The number of tetrazole rings is 1. The average molecular weight is 297 g/mol. The van der Waals surface area contributed by atoms with Gasteiger partial charge in [-0.2, -0.15) is 0 Å². The van der Waals surface area contributed by atoms with Gasteiger partial charge in [0.05, 0.1) is 0 Å². The summed E-state index contributed by atoms with van der Waals surface area (Å²) in [6, 6.07) is 20.8. The molecule has 3 rings (SSSR count). The van der Waals surface area contributed by atoms with Gasteiger partial charge < -0.3 is 0 Å². The van der Waals surface area contributed by atoms with Crippen molar-refractivity contribution in [1.82, 2.24) is 20.6 Å². The Kier molecular flexibility index (Phi) is 9.04. The topological polar surface area (TPSA) is 54.5 Å². The van der Waals surface area contributed by atoms with Gasteiger partial charge in [0.1, 0.15) is 6.33 Å². The zero-order valence-corrected chi connectivity index (χ0v) is 11.6. The van der Waals surface area contributed by atoms with E-state index in [-0.39, 0.29) is 24.8 Å². The smallest absolute Gasteiger partial charge is 0.135 e. The zero-order chi connectivity index (χ0) is 11.8. The first-order valence-electron chi connectivity index (χ1n) is 5.24. The summed E-state index contributed by atoms with van der Waals surface area (Å²) in [6.07, 6.45) is 1.40. The van der Waals surface area contributed by atoms with E-state index >= 15 is 0 Å². The highest BCUT2D eigenvalue weighted by molar-refractivity contribution is 5.85. The molecule has 1 aromatic heterocycles. The SMILES string of the molecule is Cl.Cl.c1ccc(-c2ccccc2)cc1.c1nnn[nH]1. The number of rotatable bonds is 1. The summed E-state index contributed by atoms with van der Waals surface area (Å²) in [4.78, 5) is 0. The van der Waals surface area contributed by atoms with Crippen LogP contribution in [0.5, 0.6) is 0 Å². The predicted molar refractivity (Wildman–Crippen MR) is 80.6 cm³/mol. The van der Waals surface area contributed by atoms with Crippen LogP contribution in [-0.2, 0) is 0 Å². The van der Waals surface area contributed by atoms with Gasteiger partial charge in [-0.25, -0.2) is 5.10 Å². The van der Waals surface area contributed by atoms with Crippen LogP contribution in [0.2, 0.25) is 0 Å². The van der Waals surface area contributed by atoms with Crippen LogP contribution in [0.3, 0.4) is 0 Å². The molecule has 0 spiro atoms. The Morgan fingerprint density at radius 1 is 0.684 bits per heavy atom. The van der Waals surface area contributed by atoms with Crippen LogP contribution in [0.15, 0.2) is 67.0 Å². The number of hydrogen-bond acceptors (Lipinski definition) is 3. The van der Waals surface area contributed by atoms with Crippen LogP contribution in [-0.4, -0.2) is 20.6 Å². The van der Waals surface area contributed by atoms with Gasteiger partial charge in [0, 0.05) is 0 Å². The summed E-state index contributed by atoms with van der Waals surface area (Å²) in [6.45, 7) is 0. The summed E-state index contributed by atoms with van der Waals surface area (Å²) < 4.78 is 0. The second-order valence-corrected chi connectivity index (χ2v) is 3.30. The molecule has 0 fully saturated rings. The number of benzene rings is 2. The maximum atomic E-state index is 3.31. The van der Waals surface area contributed by atoms with E-state index in [0.29, 0.717) is 0 Å².